The van der Waals surface area contributed by atoms with Gasteiger partial charge in [-0.05, 0) is 18.1 Å². The summed E-state index contributed by atoms with van der Waals surface area (Å²) in [5.74, 6) is 1.38. The first kappa shape index (κ1) is 8.99. The van der Waals surface area contributed by atoms with Crippen LogP contribution in [0.5, 0.6) is 5.75 Å². The van der Waals surface area contributed by atoms with Crippen LogP contribution in [0.4, 0.5) is 5.82 Å². The molecule has 0 saturated carbocycles. The Bertz CT molecular complexity index is 374. The fourth-order valence-corrected chi connectivity index (χ4v) is 1.30. The Morgan fingerprint density at radius 1 is 1.50 bits per heavy atom. The van der Waals surface area contributed by atoms with Crippen molar-refractivity contribution in [3.63, 3.8) is 0 Å². The smallest absolute Gasteiger partial charge is 0.263 e. The monoisotopic (exact) mass is 192 g/mol. The average molecular weight is 192 g/mol. The van der Waals surface area contributed by atoms with Crippen molar-refractivity contribution in [1.82, 2.24) is 4.98 Å². The second kappa shape index (κ2) is 3.29. The maximum absolute atomic E-state index is 11.0. The molecule has 1 amide bonds. The largest absolute Gasteiger partial charge is 0.480 e. The lowest BCUT2D eigenvalue weighted by Gasteiger charge is -2.18. The van der Waals surface area contributed by atoms with Crippen molar-refractivity contribution in [2.45, 2.75) is 19.8 Å². The molecule has 0 aromatic carbocycles. The molecule has 4 nitrogen and oxygen atoms in total. The first-order valence-electron chi connectivity index (χ1n) is 4.60. The molecule has 1 aromatic rings. The van der Waals surface area contributed by atoms with E-state index in [4.69, 9.17) is 4.74 Å². The fraction of sp³-hybridized carbons (Fsp3) is 0.400. The lowest BCUT2D eigenvalue weighted by atomic mass is 10.1. The number of anilines is 1. The molecule has 0 atom stereocenters. The summed E-state index contributed by atoms with van der Waals surface area (Å²) in [5.41, 5.74) is 0.953. The summed E-state index contributed by atoms with van der Waals surface area (Å²) < 4.78 is 5.20. The molecule has 2 rings (SSSR count). The Morgan fingerprint density at radius 3 is 3.00 bits per heavy atom. The van der Waals surface area contributed by atoms with E-state index in [1.165, 1.54) is 0 Å². The Kier molecular flexibility index (Phi) is 2.11. The van der Waals surface area contributed by atoms with Crippen LogP contribution in [0.1, 0.15) is 25.5 Å². The summed E-state index contributed by atoms with van der Waals surface area (Å²) in [6.45, 7) is 4.19. The van der Waals surface area contributed by atoms with E-state index in [9.17, 15) is 4.79 Å². The lowest BCUT2D eigenvalue weighted by Crippen LogP contribution is -2.26. The van der Waals surface area contributed by atoms with Crippen LogP contribution in [0, 0.1) is 0 Å². The molecule has 0 radical (unpaired) electrons. The van der Waals surface area contributed by atoms with Crippen LogP contribution in [0.3, 0.4) is 0 Å². The number of ether oxygens (including phenoxy) is 1. The predicted molar refractivity (Wildman–Crippen MR) is 52.5 cm³/mol. The highest BCUT2D eigenvalue weighted by Crippen LogP contribution is 2.27. The molecule has 1 aliphatic heterocycles. The van der Waals surface area contributed by atoms with E-state index in [0.717, 1.165) is 5.69 Å². The molecule has 74 valence electrons. The van der Waals surface area contributed by atoms with E-state index in [2.05, 4.69) is 24.1 Å². The highest BCUT2D eigenvalue weighted by molar-refractivity contribution is 5.94. The first-order valence-corrected chi connectivity index (χ1v) is 4.60. The Balaban J connectivity index is 2.37. The van der Waals surface area contributed by atoms with Crippen LogP contribution in [0.25, 0.3) is 0 Å². The van der Waals surface area contributed by atoms with Gasteiger partial charge in [-0.1, -0.05) is 13.8 Å². The van der Waals surface area contributed by atoms with Crippen LogP contribution in [-0.2, 0) is 4.79 Å². The Labute approximate surface area is 82.3 Å². The third-order valence-electron chi connectivity index (χ3n) is 2.09. The minimum absolute atomic E-state index is 0.0791. The van der Waals surface area contributed by atoms with Crippen molar-refractivity contribution in [3.05, 3.63) is 17.8 Å². The van der Waals surface area contributed by atoms with Gasteiger partial charge in [0.05, 0.1) is 0 Å². The summed E-state index contributed by atoms with van der Waals surface area (Å²) in [7, 11) is 0. The van der Waals surface area contributed by atoms with E-state index in [0.29, 0.717) is 17.5 Å². The van der Waals surface area contributed by atoms with E-state index in [-0.39, 0.29) is 12.5 Å². The quantitative estimate of drug-likeness (QED) is 0.734. The molecule has 0 fully saturated rings. The molecule has 14 heavy (non-hydrogen) atoms. The van der Waals surface area contributed by atoms with E-state index in [1.54, 1.807) is 0 Å². The predicted octanol–water partition coefficient (Wildman–Crippen LogP) is 1.54. The molecular formula is C10H12N2O2. The van der Waals surface area contributed by atoms with Crippen LogP contribution < -0.4 is 10.1 Å². The zero-order valence-electron chi connectivity index (χ0n) is 8.20. The molecule has 4 heteroatoms. The topological polar surface area (TPSA) is 51.2 Å². The maximum Gasteiger partial charge on any atom is 0.263 e. The fourth-order valence-electron chi connectivity index (χ4n) is 1.30. The highest BCUT2D eigenvalue weighted by Gasteiger charge is 2.17. The van der Waals surface area contributed by atoms with E-state index < -0.39 is 0 Å². The number of fused-ring (bicyclic) bond motifs is 1. The summed E-state index contributed by atoms with van der Waals surface area (Å²) in [4.78, 5) is 15.3. The second-order valence-corrected chi connectivity index (χ2v) is 3.57. The van der Waals surface area contributed by atoms with Crippen LogP contribution >= 0.6 is 0 Å². The number of amides is 1. The number of pyridine rings is 1. The number of hydrogen-bond donors (Lipinski definition) is 1. The van der Waals surface area contributed by atoms with Gasteiger partial charge in [-0.25, -0.2) is 4.98 Å². The van der Waals surface area contributed by atoms with Gasteiger partial charge in [0.2, 0.25) is 0 Å². The Morgan fingerprint density at radius 2 is 2.29 bits per heavy atom. The molecule has 0 unspecified atom stereocenters. The number of rotatable bonds is 1. The molecule has 0 spiro atoms. The summed E-state index contributed by atoms with van der Waals surface area (Å²) in [5, 5.41) is 2.68. The van der Waals surface area contributed by atoms with Gasteiger partial charge in [0.25, 0.3) is 5.91 Å². The van der Waals surface area contributed by atoms with Crippen LogP contribution in [-0.4, -0.2) is 17.5 Å². The third-order valence-corrected chi connectivity index (χ3v) is 2.09. The third kappa shape index (κ3) is 1.55. The zero-order valence-corrected chi connectivity index (χ0v) is 8.20. The number of nitrogens with zero attached hydrogens (tertiary/aromatic N) is 1. The van der Waals surface area contributed by atoms with E-state index in [1.807, 2.05) is 12.1 Å². The SMILES string of the molecule is CC(C)c1ccc2c(n1)NC(=O)CO2. The molecule has 1 aliphatic rings. The molecule has 1 aromatic heterocycles. The standard InChI is InChI=1S/C10H12N2O2/c1-6(2)7-3-4-8-10(11-7)12-9(13)5-14-8/h3-4,6H,5H2,1-2H3,(H,11,12,13). The van der Waals surface area contributed by atoms with Crippen LogP contribution in [0.15, 0.2) is 12.1 Å². The number of carbonyl (C=O) groups excluding carboxylic acids is 1. The summed E-state index contributed by atoms with van der Waals surface area (Å²) in [6.07, 6.45) is 0. The van der Waals surface area contributed by atoms with Crippen molar-refractivity contribution in [2.24, 2.45) is 0 Å². The van der Waals surface area contributed by atoms with Gasteiger partial charge in [0.1, 0.15) is 0 Å². The van der Waals surface area contributed by atoms with Gasteiger partial charge in [-0.3, -0.25) is 4.79 Å². The Hall–Kier alpha value is -1.58. The molecular weight excluding hydrogens is 180 g/mol. The number of carbonyl (C=O) groups is 1. The lowest BCUT2D eigenvalue weighted by molar-refractivity contribution is -0.118. The van der Waals surface area contributed by atoms with Crippen LogP contribution in [0.2, 0.25) is 0 Å². The van der Waals surface area contributed by atoms with Gasteiger partial charge < -0.3 is 10.1 Å². The van der Waals surface area contributed by atoms with Crippen molar-refractivity contribution in [3.8, 4) is 5.75 Å². The highest BCUT2D eigenvalue weighted by atomic mass is 16.5. The minimum Gasteiger partial charge on any atom is -0.480 e. The first-order chi connectivity index (χ1) is 6.66. The van der Waals surface area contributed by atoms with Crippen molar-refractivity contribution in [1.29, 1.82) is 0 Å². The van der Waals surface area contributed by atoms with Crippen molar-refractivity contribution >= 4 is 11.7 Å². The molecule has 1 N–H and O–H groups in total. The molecule has 2 heterocycles. The van der Waals surface area contributed by atoms with Crippen molar-refractivity contribution < 1.29 is 9.53 Å². The van der Waals surface area contributed by atoms with Gasteiger partial charge in [-0.2, -0.15) is 0 Å². The molecule has 0 bridgehead atoms. The maximum atomic E-state index is 11.0. The number of aromatic nitrogens is 1. The molecule has 0 saturated heterocycles. The van der Waals surface area contributed by atoms with Gasteiger partial charge >= 0.3 is 0 Å². The second-order valence-electron chi connectivity index (χ2n) is 3.57. The number of nitrogens with one attached hydrogen (secondary N) is 1. The van der Waals surface area contributed by atoms with Gasteiger partial charge in [0, 0.05) is 5.69 Å². The summed E-state index contributed by atoms with van der Waals surface area (Å²) in [6, 6.07) is 3.76. The number of hydrogen-bond acceptors (Lipinski definition) is 3. The van der Waals surface area contributed by atoms with E-state index >= 15 is 0 Å². The zero-order chi connectivity index (χ0) is 10.1. The van der Waals surface area contributed by atoms with Crippen molar-refractivity contribution in [2.75, 3.05) is 11.9 Å². The average Bonchev–Trinajstić information content (AvgIpc) is 2.16. The summed E-state index contributed by atoms with van der Waals surface area (Å²) >= 11 is 0. The van der Waals surface area contributed by atoms with Gasteiger partial charge in [0.15, 0.2) is 18.2 Å². The minimum atomic E-state index is -0.147. The normalized spacial score (nSPS) is 14.6. The van der Waals surface area contributed by atoms with Gasteiger partial charge in [-0.15, -0.1) is 0 Å². The molecule has 0 aliphatic carbocycles.